The van der Waals surface area contributed by atoms with Gasteiger partial charge in [-0.2, -0.15) is 4.39 Å². The summed E-state index contributed by atoms with van der Waals surface area (Å²) in [4.78, 5) is 35.5. The molecule has 27 heavy (non-hydrogen) atoms. The first-order chi connectivity index (χ1) is 12.7. The SMILES string of the molecule is CC(C)C(C(=O)O)N1Cc2ccc(-c3ccc([N+](=O)[O-])c(F)c3)cc2C1=O. The van der Waals surface area contributed by atoms with E-state index in [1.165, 1.54) is 11.0 Å². The molecule has 0 aliphatic carbocycles. The Morgan fingerprint density at radius 2 is 1.85 bits per heavy atom. The lowest BCUT2D eigenvalue weighted by molar-refractivity contribution is -0.387. The zero-order valence-corrected chi connectivity index (χ0v) is 14.7. The lowest BCUT2D eigenvalue weighted by atomic mass is 10.00. The number of carboxylic acids is 1. The lowest BCUT2D eigenvalue weighted by Crippen LogP contribution is -2.44. The zero-order chi connectivity index (χ0) is 19.9. The molecule has 0 saturated heterocycles. The molecule has 1 heterocycles. The topological polar surface area (TPSA) is 101 Å². The van der Waals surface area contributed by atoms with Crippen LogP contribution in [0.3, 0.4) is 0 Å². The van der Waals surface area contributed by atoms with E-state index in [1.54, 1.807) is 32.0 Å². The Morgan fingerprint density at radius 3 is 2.41 bits per heavy atom. The van der Waals surface area contributed by atoms with Crippen LogP contribution in [0.2, 0.25) is 0 Å². The molecule has 8 heteroatoms. The maximum atomic E-state index is 13.9. The van der Waals surface area contributed by atoms with E-state index < -0.39 is 34.3 Å². The molecule has 1 atom stereocenters. The van der Waals surface area contributed by atoms with Crippen LogP contribution < -0.4 is 0 Å². The first-order valence-corrected chi connectivity index (χ1v) is 8.31. The van der Waals surface area contributed by atoms with Crippen molar-refractivity contribution in [3.8, 4) is 11.1 Å². The molecule has 1 aliphatic rings. The van der Waals surface area contributed by atoms with Gasteiger partial charge in [0, 0.05) is 18.2 Å². The summed E-state index contributed by atoms with van der Waals surface area (Å²) in [6.45, 7) is 3.67. The molecule has 2 aromatic rings. The molecule has 2 aromatic carbocycles. The fourth-order valence-corrected chi connectivity index (χ4v) is 3.34. The van der Waals surface area contributed by atoms with Crippen molar-refractivity contribution in [1.29, 1.82) is 0 Å². The van der Waals surface area contributed by atoms with Crippen molar-refractivity contribution in [3.63, 3.8) is 0 Å². The van der Waals surface area contributed by atoms with Crippen LogP contribution in [0.4, 0.5) is 10.1 Å². The van der Waals surface area contributed by atoms with Gasteiger partial charge in [-0.1, -0.05) is 26.0 Å². The van der Waals surface area contributed by atoms with Crippen molar-refractivity contribution in [2.24, 2.45) is 5.92 Å². The monoisotopic (exact) mass is 372 g/mol. The maximum Gasteiger partial charge on any atom is 0.326 e. The Hall–Kier alpha value is -3.29. The van der Waals surface area contributed by atoms with Gasteiger partial charge in [-0.15, -0.1) is 0 Å². The molecule has 7 nitrogen and oxygen atoms in total. The van der Waals surface area contributed by atoms with Crippen LogP contribution in [0.25, 0.3) is 11.1 Å². The summed E-state index contributed by atoms with van der Waals surface area (Å²) >= 11 is 0. The number of carbonyl (C=O) groups excluding carboxylic acids is 1. The normalized spacial score (nSPS) is 14.4. The van der Waals surface area contributed by atoms with E-state index in [9.17, 15) is 29.2 Å². The minimum atomic E-state index is -1.07. The van der Waals surface area contributed by atoms with Crippen LogP contribution >= 0.6 is 0 Å². The van der Waals surface area contributed by atoms with Crippen LogP contribution in [-0.4, -0.2) is 32.8 Å². The van der Waals surface area contributed by atoms with E-state index in [1.807, 2.05) is 0 Å². The lowest BCUT2D eigenvalue weighted by Gasteiger charge is -2.27. The summed E-state index contributed by atoms with van der Waals surface area (Å²) in [6, 6.07) is 7.54. The van der Waals surface area contributed by atoms with Crippen LogP contribution in [0.15, 0.2) is 36.4 Å². The van der Waals surface area contributed by atoms with E-state index in [0.717, 1.165) is 12.1 Å². The van der Waals surface area contributed by atoms with Crippen molar-refractivity contribution in [2.45, 2.75) is 26.4 Å². The van der Waals surface area contributed by atoms with Crippen molar-refractivity contribution >= 4 is 17.6 Å². The summed E-state index contributed by atoms with van der Waals surface area (Å²) in [7, 11) is 0. The van der Waals surface area contributed by atoms with Crippen molar-refractivity contribution in [1.82, 2.24) is 4.90 Å². The summed E-state index contributed by atoms with van der Waals surface area (Å²) in [5, 5.41) is 20.2. The van der Waals surface area contributed by atoms with Crippen LogP contribution in [-0.2, 0) is 11.3 Å². The molecule has 1 aliphatic heterocycles. The van der Waals surface area contributed by atoms with Crippen molar-refractivity contribution in [2.75, 3.05) is 0 Å². The molecular formula is C19H17FN2O5. The third-order valence-electron chi connectivity index (χ3n) is 4.64. The molecule has 1 amide bonds. The molecule has 0 radical (unpaired) electrons. The minimum Gasteiger partial charge on any atom is -0.480 e. The predicted molar refractivity (Wildman–Crippen MR) is 94.6 cm³/mol. The van der Waals surface area contributed by atoms with Gasteiger partial charge in [0.05, 0.1) is 4.92 Å². The number of nitrogens with zero attached hydrogens (tertiary/aromatic N) is 2. The smallest absolute Gasteiger partial charge is 0.326 e. The highest BCUT2D eigenvalue weighted by Gasteiger charge is 2.38. The van der Waals surface area contributed by atoms with Gasteiger partial charge in [0.2, 0.25) is 5.82 Å². The second kappa shape index (κ2) is 6.79. The Kier molecular flexibility index (Phi) is 4.65. The predicted octanol–water partition coefficient (Wildman–Crippen LogP) is 3.47. The number of amides is 1. The number of rotatable bonds is 5. The average molecular weight is 372 g/mol. The third-order valence-corrected chi connectivity index (χ3v) is 4.64. The van der Waals surface area contributed by atoms with Gasteiger partial charge in [-0.25, -0.2) is 4.79 Å². The maximum absolute atomic E-state index is 13.9. The molecule has 3 rings (SSSR count). The van der Waals surface area contributed by atoms with Crippen LogP contribution in [0.1, 0.15) is 29.8 Å². The summed E-state index contributed by atoms with van der Waals surface area (Å²) in [5.74, 6) is -2.68. The second-order valence-corrected chi connectivity index (χ2v) is 6.76. The Labute approximate surface area is 154 Å². The molecule has 140 valence electrons. The third kappa shape index (κ3) is 3.25. The van der Waals surface area contributed by atoms with Crippen molar-refractivity contribution in [3.05, 3.63) is 63.5 Å². The number of nitro groups is 1. The molecule has 1 N–H and O–H groups in total. The Balaban J connectivity index is 1.96. The average Bonchev–Trinajstić information content (AvgIpc) is 2.90. The van der Waals surface area contributed by atoms with Gasteiger partial charge in [0.15, 0.2) is 0 Å². The number of hydrogen-bond acceptors (Lipinski definition) is 4. The van der Waals surface area contributed by atoms with Gasteiger partial charge in [0.25, 0.3) is 5.91 Å². The number of aliphatic carboxylic acids is 1. The number of hydrogen-bond donors (Lipinski definition) is 1. The Bertz CT molecular complexity index is 957. The standard InChI is InChI=1S/C19H17FN2O5/c1-10(2)17(19(24)25)21-9-13-4-3-11(7-14(13)18(21)23)12-5-6-16(22(26)27)15(20)8-12/h3-8,10,17H,9H2,1-2H3,(H,24,25). The number of fused-ring (bicyclic) bond motifs is 1. The number of benzene rings is 2. The number of halogens is 1. The molecule has 0 saturated carbocycles. The quantitative estimate of drug-likeness (QED) is 0.640. The fourth-order valence-electron chi connectivity index (χ4n) is 3.34. The van der Waals surface area contributed by atoms with Gasteiger partial charge >= 0.3 is 11.7 Å². The molecular weight excluding hydrogens is 355 g/mol. The van der Waals surface area contributed by atoms with Gasteiger partial charge < -0.3 is 10.0 Å². The minimum absolute atomic E-state index is 0.193. The van der Waals surface area contributed by atoms with Crippen molar-refractivity contribution < 1.29 is 24.0 Å². The molecule has 0 bridgehead atoms. The summed E-state index contributed by atoms with van der Waals surface area (Å²) in [5.41, 5.74) is 1.35. The van der Waals surface area contributed by atoms with E-state index in [4.69, 9.17) is 0 Å². The first-order valence-electron chi connectivity index (χ1n) is 8.31. The van der Waals surface area contributed by atoms with E-state index >= 15 is 0 Å². The molecule has 0 aromatic heterocycles. The van der Waals surface area contributed by atoms with Gasteiger partial charge in [-0.3, -0.25) is 14.9 Å². The molecule has 1 unspecified atom stereocenters. The fraction of sp³-hybridized carbons (Fsp3) is 0.263. The number of nitro benzene ring substituents is 1. The molecule has 0 spiro atoms. The van der Waals surface area contributed by atoms with E-state index in [0.29, 0.717) is 22.3 Å². The van der Waals surface area contributed by atoms with Crippen LogP contribution in [0, 0.1) is 21.8 Å². The van der Waals surface area contributed by atoms with Gasteiger partial charge in [-0.05, 0) is 40.8 Å². The van der Waals surface area contributed by atoms with Crippen LogP contribution in [0.5, 0.6) is 0 Å². The second-order valence-electron chi connectivity index (χ2n) is 6.76. The summed E-state index contributed by atoms with van der Waals surface area (Å²) < 4.78 is 13.9. The summed E-state index contributed by atoms with van der Waals surface area (Å²) in [6.07, 6.45) is 0. The van der Waals surface area contributed by atoms with E-state index in [2.05, 4.69) is 0 Å². The number of carboxylic acid groups (broad SMARTS) is 1. The highest BCUT2D eigenvalue weighted by Crippen LogP contribution is 2.32. The largest absolute Gasteiger partial charge is 0.480 e. The highest BCUT2D eigenvalue weighted by atomic mass is 19.1. The molecule has 0 fully saturated rings. The van der Waals surface area contributed by atoms with E-state index in [-0.39, 0.29) is 12.5 Å². The zero-order valence-electron chi connectivity index (χ0n) is 14.7. The highest BCUT2D eigenvalue weighted by molar-refractivity contribution is 6.01. The Morgan fingerprint density at radius 1 is 1.22 bits per heavy atom. The van der Waals surface area contributed by atoms with Gasteiger partial charge in [0.1, 0.15) is 6.04 Å². The number of carbonyl (C=O) groups is 2. The first kappa shape index (κ1) is 18.5.